The van der Waals surface area contributed by atoms with Crippen molar-refractivity contribution < 1.29 is 4.74 Å². The van der Waals surface area contributed by atoms with E-state index in [4.69, 9.17) is 10.5 Å². The summed E-state index contributed by atoms with van der Waals surface area (Å²) in [4.78, 5) is 0. The molecule has 0 fully saturated rings. The van der Waals surface area contributed by atoms with E-state index in [-0.39, 0.29) is 5.41 Å². The van der Waals surface area contributed by atoms with Crippen molar-refractivity contribution in [2.24, 2.45) is 5.41 Å². The number of hydrogen-bond donors (Lipinski definition) is 2. The standard InChI is InChI=1S/C13H22N2O/c1-9(13(2,3)4)15-12-7-6-10(16-5)8-11(12)14/h6-9,15H,14H2,1-5H3. The second-order valence-corrected chi connectivity index (χ2v) is 5.19. The summed E-state index contributed by atoms with van der Waals surface area (Å²) >= 11 is 0. The lowest BCUT2D eigenvalue weighted by Crippen LogP contribution is -2.31. The van der Waals surface area contributed by atoms with Gasteiger partial charge >= 0.3 is 0 Å². The second-order valence-electron chi connectivity index (χ2n) is 5.19. The molecule has 3 nitrogen and oxygen atoms in total. The van der Waals surface area contributed by atoms with Crippen molar-refractivity contribution in [3.8, 4) is 5.75 Å². The number of nitrogens with one attached hydrogen (secondary N) is 1. The molecule has 0 radical (unpaired) electrons. The molecule has 0 saturated carbocycles. The van der Waals surface area contributed by atoms with Gasteiger partial charge in [0.2, 0.25) is 0 Å². The van der Waals surface area contributed by atoms with Crippen molar-refractivity contribution in [2.75, 3.05) is 18.2 Å². The average Bonchev–Trinajstić information content (AvgIpc) is 2.19. The second kappa shape index (κ2) is 4.64. The molecule has 1 atom stereocenters. The molecule has 0 aliphatic rings. The molecule has 0 aromatic heterocycles. The number of benzene rings is 1. The summed E-state index contributed by atoms with van der Waals surface area (Å²) in [6.07, 6.45) is 0. The van der Waals surface area contributed by atoms with Crippen LogP contribution in [-0.4, -0.2) is 13.2 Å². The van der Waals surface area contributed by atoms with Gasteiger partial charge in [0, 0.05) is 12.1 Å². The van der Waals surface area contributed by atoms with E-state index in [9.17, 15) is 0 Å². The molecule has 0 spiro atoms. The van der Waals surface area contributed by atoms with Gasteiger partial charge in [-0.25, -0.2) is 0 Å². The van der Waals surface area contributed by atoms with E-state index in [0.717, 1.165) is 17.1 Å². The van der Waals surface area contributed by atoms with Crippen LogP contribution in [0.1, 0.15) is 27.7 Å². The number of nitrogen functional groups attached to an aromatic ring is 1. The summed E-state index contributed by atoms with van der Waals surface area (Å²) in [7, 11) is 1.64. The van der Waals surface area contributed by atoms with E-state index in [2.05, 4.69) is 33.0 Å². The Kier molecular flexibility index (Phi) is 3.68. The summed E-state index contributed by atoms with van der Waals surface area (Å²) in [6, 6.07) is 6.05. The van der Waals surface area contributed by atoms with Crippen LogP contribution in [0.4, 0.5) is 11.4 Å². The minimum absolute atomic E-state index is 0.201. The van der Waals surface area contributed by atoms with Gasteiger partial charge in [-0.05, 0) is 24.5 Å². The van der Waals surface area contributed by atoms with Gasteiger partial charge < -0.3 is 15.8 Å². The van der Waals surface area contributed by atoms with Crippen LogP contribution < -0.4 is 15.8 Å². The summed E-state index contributed by atoms with van der Waals surface area (Å²) in [5.74, 6) is 0.784. The fourth-order valence-corrected chi connectivity index (χ4v) is 1.25. The zero-order valence-corrected chi connectivity index (χ0v) is 10.8. The van der Waals surface area contributed by atoms with Gasteiger partial charge in [-0.3, -0.25) is 0 Å². The van der Waals surface area contributed by atoms with Crippen LogP contribution in [0.25, 0.3) is 0 Å². The van der Waals surface area contributed by atoms with Crippen molar-refractivity contribution in [3.63, 3.8) is 0 Å². The zero-order chi connectivity index (χ0) is 12.3. The Morgan fingerprint density at radius 1 is 1.31 bits per heavy atom. The van der Waals surface area contributed by atoms with Crippen molar-refractivity contribution in [1.82, 2.24) is 0 Å². The summed E-state index contributed by atoms with van der Waals surface area (Å²) in [6.45, 7) is 8.75. The van der Waals surface area contributed by atoms with Gasteiger partial charge in [-0.15, -0.1) is 0 Å². The molecule has 1 rings (SSSR count). The molecular weight excluding hydrogens is 200 g/mol. The minimum Gasteiger partial charge on any atom is -0.497 e. The van der Waals surface area contributed by atoms with Crippen LogP contribution in [0, 0.1) is 5.41 Å². The van der Waals surface area contributed by atoms with E-state index in [1.807, 2.05) is 18.2 Å². The molecule has 0 aliphatic carbocycles. The number of rotatable bonds is 3. The van der Waals surface area contributed by atoms with Gasteiger partial charge in [0.1, 0.15) is 5.75 Å². The smallest absolute Gasteiger partial charge is 0.121 e. The Morgan fingerprint density at radius 3 is 2.38 bits per heavy atom. The SMILES string of the molecule is COc1ccc(NC(C)C(C)(C)C)c(N)c1. The normalized spacial score (nSPS) is 13.3. The lowest BCUT2D eigenvalue weighted by molar-refractivity contribution is 0.359. The zero-order valence-electron chi connectivity index (χ0n) is 10.8. The summed E-state index contributed by atoms with van der Waals surface area (Å²) in [5.41, 5.74) is 7.83. The fourth-order valence-electron chi connectivity index (χ4n) is 1.25. The Hall–Kier alpha value is -1.38. The highest BCUT2D eigenvalue weighted by Crippen LogP contribution is 2.28. The van der Waals surface area contributed by atoms with Crippen molar-refractivity contribution in [1.29, 1.82) is 0 Å². The first kappa shape index (κ1) is 12.7. The van der Waals surface area contributed by atoms with Crippen molar-refractivity contribution in [2.45, 2.75) is 33.7 Å². The third kappa shape index (κ3) is 3.05. The van der Waals surface area contributed by atoms with Crippen LogP contribution in [0.15, 0.2) is 18.2 Å². The Balaban J connectivity index is 2.82. The van der Waals surface area contributed by atoms with Gasteiger partial charge in [0.25, 0.3) is 0 Å². The molecule has 0 aliphatic heterocycles. The number of methoxy groups -OCH3 is 1. The predicted molar refractivity (Wildman–Crippen MR) is 69.9 cm³/mol. The lowest BCUT2D eigenvalue weighted by Gasteiger charge is -2.29. The monoisotopic (exact) mass is 222 g/mol. The molecule has 1 aromatic rings. The van der Waals surface area contributed by atoms with E-state index < -0.39 is 0 Å². The maximum Gasteiger partial charge on any atom is 0.121 e. The molecule has 0 heterocycles. The highest BCUT2D eigenvalue weighted by molar-refractivity contribution is 5.68. The Morgan fingerprint density at radius 2 is 1.94 bits per heavy atom. The minimum atomic E-state index is 0.201. The van der Waals surface area contributed by atoms with Gasteiger partial charge in [-0.1, -0.05) is 20.8 Å². The molecule has 3 N–H and O–H groups in total. The maximum atomic E-state index is 5.95. The predicted octanol–water partition coefficient (Wildman–Crippen LogP) is 3.12. The third-order valence-corrected chi connectivity index (χ3v) is 2.93. The van der Waals surface area contributed by atoms with Crippen molar-refractivity contribution >= 4 is 11.4 Å². The largest absolute Gasteiger partial charge is 0.497 e. The van der Waals surface area contributed by atoms with Crippen LogP contribution in [0.5, 0.6) is 5.75 Å². The average molecular weight is 222 g/mol. The molecule has 0 bridgehead atoms. The first-order valence-corrected chi connectivity index (χ1v) is 5.54. The van der Waals surface area contributed by atoms with Crippen molar-refractivity contribution in [3.05, 3.63) is 18.2 Å². The topological polar surface area (TPSA) is 47.3 Å². The Labute approximate surface area is 98.0 Å². The van der Waals surface area contributed by atoms with Crippen LogP contribution in [0.3, 0.4) is 0 Å². The number of hydrogen-bond acceptors (Lipinski definition) is 3. The van der Waals surface area contributed by atoms with Gasteiger partial charge in [-0.2, -0.15) is 0 Å². The molecule has 16 heavy (non-hydrogen) atoms. The number of ether oxygens (including phenoxy) is 1. The fraction of sp³-hybridized carbons (Fsp3) is 0.538. The molecule has 0 saturated heterocycles. The third-order valence-electron chi connectivity index (χ3n) is 2.93. The molecule has 3 heteroatoms. The quantitative estimate of drug-likeness (QED) is 0.772. The molecule has 1 aromatic carbocycles. The maximum absolute atomic E-state index is 5.95. The molecule has 1 unspecified atom stereocenters. The Bertz CT molecular complexity index is 355. The van der Waals surface area contributed by atoms with E-state index in [0.29, 0.717) is 6.04 Å². The summed E-state index contributed by atoms with van der Waals surface area (Å²) in [5, 5.41) is 3.42. The highest BCUT2D eigenvalue weighted by atomic mass is 16.5. The van der Waals surface area contributed by atoms with Gasteiger partial charge in [0.05, 0.1) is 18.5 Å². The van der Waals surface area contributed by atoms with E-state index in [1.54, 1.807) is 7.11 Å². The van der Waals surface area contributed by atoms with E-state index in [1.165, 1.54) is 0 Å². The molecule has 0 amide bonds. The first-order chi connectivity index (χ1) is 7.34. The molecular formula is C13H22N2O. The lowest BCUT2D eigenvalue weighted by atomic mass is 9.88. The number of nitrogens with two attached hydrogens (primary N) is 1. The van der Waals surface area contributed by atoms with Gasteiger partial charge in [0.15, 0.2) is 0 Å². The van der Waals surface area contributed by atoms with Crippen LogP contribution in [0.2, 0.25) is 0 Å². The highest BCUT2D eigenvalue weighted by Gasteiger charge is 2.20. The van der Waals surface area contributed by atoms with Crippen LogP contribution >= 0.6 is 0 Å². The molecule has 90 valence electrons. The first-order valence-electron chi connectivity index (χ1n) is 5.54. The van der Waals surface area contributed by atoms with Crippen LogP contribution in [-0.2, 0) is 0 Å². The van der Waals surface area contributed by atoms with E-state index >= 15 is 0 Å². The number of anilines is 2. The summed E-state index contributed by atoms with van der Waals surface area (Å²) < 4.78 is 5.11.